The van der Waals surface area contributed by atoms with Crippen molar-refractivity contribution < 1.29 is 9.90 Å². The van der Waals surface area contributed by atoms with Crippen LogP contribution < -0.4 is 5.32 Å². The molecule has 0 bridgehead atoms. The molecule has 1 amide bonds. The molecule has 1 aromatic rings. The minimum Gasteiger partial charge on any atom is -0.393 e. The number of nitrogens with zero attached hydrogens (tertiary/aromatic N) is 2. The highest BCUT2D eigenvalue weighted by Crippen LogP contribution is 2.24. The normalized spacial score (nSPS) is 23.6. The summed E-state index contributed by atoms with van der Waals surface area (Å²) >= 11 is 5.65. The SMILES string of the molecule is O=C(NCC1CCC(O)C1)c1cncc(Cl)n1. The third kappa shape index (κ3) is 3.38. The fraction of sp³-hybridized carbons (Fsp3) is 0.545. The second-order valence-corrected chi connectivity index (χ2v) is 4.66. The zero-order valence-electron chi connectivity index (χ0n) is 9.27. The van der Waals surface area contributed by atoms with Gasteiger partial charge in [-0.25, -0.2) is 4.98 Å². The van der Waals surface area contributed by atoms with Crippen molar-refractivity contribution in [2.45, 2.75) is 25.4 Å². The molecule has 0 spiro atoms. The number of carbonyl (C=O) groups excluding carboxylic acids is 1. The molecule has 0 radical (unpaired) electrons. The van der Waals surface area contributed by atoms with Crippen LogP contribution in [0.1, 0.15) is 29.8 Å². The van der Waals surface area contributed by atoms with E-state index in [9.17, 15) is 9.90 Å². The lowest BCUT2D eigenvalue weighted by Crippen LogP contribution is -2.29. The van der Waals surface area contributed by atoms with Crippen molar-refractivity contribution in [3.05, 3.63) is 23.2 Å². The number of halogens is 1. The Labute approximate surface area is 104 Å². The molecule has 92 valence electrons. The zero-order chi connectivity index (χ0) is 12.3. The first-order valence-corrected chi connectivity index (χ1v) is 5.97. The Morgan fingerprint density at radius 3 is 3.00 bits per heavy atom. The Morgan fingerprint density at radius 1 is 1.53 bits per heavy atom. The van der Waals surface area contributed by atoms with Crippen LogP contribution in [0.5, 0.6) is 0 Å². The number of aliphatic hydroxyl groups excluding tert-OH is 1. The van der Waals surface area contributed by atoms with Crippen LogP contribution in [-0.2, 0) is 0 Å². The molecule has 2 rings (SSSR count). The van der Waals surface area contributed by atoms with Crippen LogP contribution in [0, 0.1) is 5.92 Å². The van der Waals surface area contributed by atoms with E-state index in [0.717, 1.165) is 19.3 Å². The fourth-order valence-corrected chi connectivity index (χ4v) is 2.16. The number of rotatable bonds is 3. The van der Waals surface area contributed by atoms with Crippen molar-refractivity contribution in [3.8, 4) is 0 Å². The van der Waals surface area contributed by atoms with E-state index in [1.807, 2.05) is 0 Å². The van der Waals surface area contributed by atoms with Gasteiger partial charge in [0.1, 0.15) is 10.8 Å². The Balaban J connectivity index is 1.85. The molecule has 2 atom stereocenters. The van der Waals surface area contributed by atoms with E-state index in [1.165, 1.54) is 12.4 Å². The summed E-state index contributed by atoms with van der Waals surface area (Å²) in [5.41, 5.74) is 0.219. The number of aliphatic hydroxyl groups is 1. The molecule has 0 aromatic carbocycles. The molecule has 17 heavy (non-hydrogen) atoms. The summed E-state index contributed by atoms with van der Waals surface area (Å²) in [5.74, 6) is 0.0717. The highest BCUT2D eigenvalue weighted by atomic mass is 35.5. The standard InChI is InChI=1S/C11H14ClN3O2/c12-10-6-13-5-9(15-10)11(17)14-4-7-1-2-8(16)3-7/h5-8,16H,1-4H2,(H,14,17). The highest BCUT2D eigenvalue weighted by molar-refractivity contribution is 6.29. The lowest BCUT2D eigenvalue weighted by molar-refractivity contribution is 0.0939. The molecular formula is C11H14ClN3O2. The number of nitrogens with one attached hydrogen (secondary N) is 1. The number of hydrogen-bond acceptors (Lipinski definition) is 4. The first kappa shape index (κ1) is 12.3. The topological polar surface area (TPSA) is 75.1 Å². The molecule has 2 N–H and O–H groups in total. The third-order valence-electron chi connectivity index (χ3n) is 2.90. The van der Waals surface area contributed by atoms with E-state index in [0.29, 0.717) is 12.5 Å². The lowest BCUT2D eigenvalue weighted by atomic mass is 10.1. The van der Waals surface area contributed by atoms with Gasteiger partial charge in [0.25, 0.3) is 5.91 Å². The van der Waals surface area contributed by atoms with Gasteiger partial charge >= 0.3 is 0 Å². The van der Waals surface area contributed by atoms with E-state index in [-0.39, 0.29) is 22.9 Å². The number of amides is 1. The predicted molar refractivity (Wildman–Crippen MR) is 62.7 cm³/mol. The summed E-state index contributed by atoms with van der Waals surface area (Å²) in [4.78, 5) is 19.4. The van der Waals surface area contributed by atoms with Gasteiger partial charge in [0, 0.05) is 6.54 Å². The second kappa shape index (κ2) is 5.42. The van der Waals surface area contributed by atoms with Crippen molar-refractivity contribution >= 4 is 17.5 Å². The zero-order valence-corrected chi connectivity index (χ0v) is 10.0. The highest BCUT2D eigenvalue weighted by Gasteiger charge is 2.23. The minimum atomic E-state index is -0.276. The number of aromatic nitrogens is 2. The molecule has 0 saturated heterocycles. The van der Waals surface area contributed by atoms with Gasteiger partial charge in [-0.3, -0.25) is 9.78 Å². The maximum absolute atomic E-state index is 11.7. The maximum atomic E-state index is 11.7. The van der Waals surface area contributed by atoms with Crippen LogP contribution in [0.4, 0.5) is 0 Å². The van der Waals surface area contributed by atoms with Crippen molar-refractivity contribution in [1.29, 1.82) is 0 Å². The van der Waals surface area contributed by atoms with Crippen molar-refractivity contribution in [2.75, 3.05) is 6.54 Å². The van der Waals surface area contributed by atoms with E-state index in [2.05, 4.69) is 15.3 Å². The average molecular weight is 256 g/mol. The van der Waals surface area contributed by atoms with Gasteiger partial charge in [-0.05, 0) is 25.2 Å². The van der Waals surface area contributed by atoms with E-state index >= 15 is 0 Å². The molecule has 5 nitrogen and oxygen atoms in total. The Morgan fingerprint density at radius 2 is 2.35 bits per heavy atom. The van der Waals surface area contributed by atoms with E-state index < -0.39 is 0 Å². The third-order valence-corrected chi connectivity index (χ3v) is 3.08. The van der Waals surface area contributed by atoms with E-state index in [4.69, 9.17) is 11.6 Å². The molecule has 2 unspecified atom stereocenters. The summed E-state index contributed by atoms with van der Waals surface area (Å²) in [6.45, 7) is 0.560. The minimum absolute atomic E-state index is 0.203. The van der Waals surface area contributed by atoms with Crippen molar-refractivity contribution in [2.24, 2.45) is 5.92 Å². The van der Waals surface area contributed by atoms with Crippen LogP contribution in [0.2, 0.25) is 5.15 Å². The van der Waals surface area contributed by atoms with Crippen molar-refractivity contribution in [3.63, 3.8) is 0 Å². The van der Waals surface area contributed by atoms with Gasteiger partial charge in [0.05, 0.1) is 18.5 Å². The summed E-state index contributed by atoms with van der Waals surface area (Å²) < 4.78 is 0. The fourth-order valence-electron chi connectivity index (χ4n) is 2.01. The van der Waals surface area contributed by atoms with Gasteiger partial charge in [-0.15, -0.1) is 0 Å². The van der Waals surface area contributed by atoms with Gasteiger partial charge in [0.15, 0.2) is 0 Å². The summed E-state index contributed by atoms with van der Waals surface area (Å²) in [7, 11) is 0. The monoisotopic (exact) mass is 255 g/mol. The molecule has 0 aliphatic heterocycles. The average Bonchev–Trinajstić information content (AvgIpc) is 2.72. The Bertz CT molecular complexity index is 413. The maximum Gasteiger partial charge on any atom is 0.271 e. The van der Waals surface area contributed by atoms with Crippen LogP contribution in [-0.4, -0.2) is 33.6 Å². The van der Waals surface area contributed by atoms with Gasteiger partial charge in [0.2, 0.25) is 0 Å². The summed E-state index contributed by atoms with van der Waals surface area (Å²) in [5, 5.41) is 12.3. The molecule has 1 heterocycles. The summed E-state index contributed by atoms with van der Waals surface area (Å²) in [6, 6.07) is 0. The molecular weight excluding hydrogens is 242 g/mol. The lowest BCUT2D eigenvalue weighted by Gasteiger charge is -2.10. The molecule has 1 fully saturated rings. The molecule has 1 aromatic heterocycles. The Kier molecular flexibility index (Phi) is 3.91. The van der Waals surface area contributed by atoms with Crippen LogP contribution in [0.3, 0.4) is 0 Å². The Hall–Kier alpha value is -1.20. The number of carbonyl (C=O) groups is 1. The van der Waals surface area contributed by atoms with Gasteiger partial charge in [-0.2, -0.15) is 0 Å². The van der Waals surface area contributed by atoms with Crippen LogP contribution >= 0.6 is 11.6 Å². The van der Waals surface area contributed by atoms with E-state index in [1.54, 1.807) is 0 Å². The number of hydrogen-bond donors (Lipinski definition) is 2. The van der Waals surface area contributed by atoms with Gasteiger partial charge in [-0.1, -0.05) is 11.6 Å². The smallest absolute Gasteiger partial charge is 0.271 e. The predicted octanol–water partition coefficient (Wildman–Crippen LogP) is 1.02. The van der Waals surface area contributed by atoms with Crippen LogP contribution in [0.25, 0.3) is 0 Å². The molecule has 1 aliphatic rings. The largest absolute Gasteiger partial charge is 0.393 e. The van der Waals surface area contributed by atoms with Gasteiger partial charge < -0.3 is 10.4 Å². The van der Waals surface area contributed by atoms with Crippen molar-refractivity contribution in [1.82, 2.24) is 15.3 Å². The summed E-state index contributed by atoms with van der Waals surface area (Å²) in [6.07, 6.45) is 5.06. The molecule has 6 heteroatoms. The second-order valence-electron chi connectivity index (χ2n) is 4.27. The first-order valence-electron chi connectivity index (χ1n) is 5.59. The van der Waals surface area contributed by atoms with Crippen LogP contribution in [0.15, 0.2) is 12.4 Å². The molecule has 1 saturated carbocycles. The quantitative estimate of drug-likeness (QED) is 0.846. The molecule has 1 aliphatic carbocycles. The first-order chi connectivity index (χ1) is 8.15.